The van der Waals surface area contributed by atoms with Gasteiger partial charge in [0.05, 0.1) is 6.10 Å². The van der Waals surface area contributed by atoms with Crippen LogP contribution < -0.4 is 10.6 Å². The van der Waals surface area contributed by atoms with E-state index in [2.05, 4.69) is 16.7 Å². The molecular weight excluding hydrogens is 330 g/mol. The van der Waals surface area contributed by atoms with Gasteiger partial charge in [-0.25, -0.2) is 4.79 Å². The molecule has 3 rings (SSSR count). The second-order valence-corrected chi connectivity index (χ2v) is 7.00. The Morgan fingerprint density at radius 3 is 2.73 bits per heavy atom. The van der Waals surface area contributed by atoms with Crippen molar-refractivity contribution in [1.29, 1.82) is 0 Å². The molecule has 0 saturated carbocycles. The summed E-state index contributed by atoms with van der Waals surface area (Å²) in [6.45, 7) is 0.743. The smallest absolute Gasteiger partial charge is 0.322 e. The van der Waals surface area contributed by atoms with Gasteiger partial charge in [-0.2, -0.15) is 0 Å². The number of para-hydroxylation sites is 1. The zero-order valence-electron chi connectivity index (χ0n) is 15.0. The Morgan fingerprint density at radius 2 is 2.00 bits per heavy atom. The van der Waals surface area contributed by atoms with Gasteiger partial charge in [0.25, 0.3) is 0 Å². The number of aliphatic hydroxyl groups is 1. The number of anilines is 1. The minimum Gasteiger partial charge on any atom is -0.391 e. The number of β-amino-alcohol motifs (C(OH)–C–C–N with tert-alkyl or cyclic N) is 1. The van der Waals surface area contributed by atoms with E-state index in [9.17, 15) is 14.7 Å². The number of aliphatic hydroxyl groups excluding tert-OH is 1. The van der Waals surface area contributed by atoms with E-state index >= 15 is 0 Å². The van der Waals surface area contributed by atoms with E-state index in [0.29, 0.717) is 12.2 Å². The Kier molecular flexibility index (Phi) is 6.28. The van der Waals surface area contributed by atoms with E-state index in [1.807, 2.05) is 18.2 Å². The molecule has 140 valence electrons. The van der Waals surface area contributed by atoms with Crippen molar-refractivity contribution < 1.29 is 14.7 Å². The van der Waals surface area contributed by atoms with Gasteiger partial charge in [-0.1, -0.05) is 29.8 Å². The Labute approximate surface area is 154 Å². The average Bonchev–Trinajstić information content (AvgIpc) is 3.05. The highest BCUT2D eigenvalue weighted by molar-refractivity contribution is 5.94. The van der Waals surface area contributed by atoms with Gasteiger partial charge in [0.1, 0.15) is 6.04 Å². The lowest BCUT2D eigenvalue weighted by atomic mass is 9.97. The predicted molar refractivity (Wildman–Crippen MR) is 101 cm³/mol. The van der Waals surface area contributed by atoms with Gasteiger partial charge in [-0.15, -0.1) is 0 Å². The second-order valence-electron chi connectivity index (χ2n) is 7.00. The molecule has 2 atom stereocenters. The van der Waals surface area contributed by atoms with Gasteiger partial charge in [-0.3, -0.25) is 4.79 Å². The molecule has 3 N–H and O–H groups in total. The first kappa shape index (κ1) is 18.5. The van der Waals surface area contributed by atoms with Gasteiger partial charge in [0.2, 0.25) is 5.91 Å². The molecular formula is C20H27N3O3. The first-order chi connectivity index (χ1) is 12.6. The molecule has 26 heavy (non-hydrogen) atoms. The minimum atomic E-state index is -0.673. The average molecular weight is 357 g/mol. The van der Waals surface area contributed by atoms with Crippen LogP contribution in [0.25, 0.3) is 0 Å². The standard InChI is InChI=1S/C20H27N3O3/c24-17-13-18(19(25)21-12-11-15-7-3-1-4-8-15)23(14-17)20(26)22-16-9-5-2-6-10-16/h2,5-7,9-10,17-18,24H,1,3-4,8,11-14H2,(H,21,25)(H,22,26)/t17-,18-/m0/s1. The van der Waals surface area contributed by atoms with Crippen LogP contribution in [0.4, 0.5) is 10.5 Å². The summed E-state index contributed by atoms with van der Waals surface area (Å²) < 4.78 is 0. The SMILES string of the molecule is O=C(NCCC1=CCCCC1)[C@@H]1C[C@H](O)CN1C(=O)Nc1ccccc1. The molecule has 1 saturated heterocycles. The van der Waals surface area contributed by atoms with Crippen LogP contribution in [0.2, 0.25) is 0 Å². The summed E-state index contributed by atoms with van der Waals surface area (Å²) in [6, 6.07) is 8.12. The molecule has 1 fully saturated rings. The van der Waals surface area contributed by atoms with Crippen LogP contribution in [0.15, 0.2) is 42.0 Å². The molecule has 0 aromatic heterocycles. The number of hydrogen-bond donors (Lipinski definition) is 3. The maximum atomic E-state index is 12.5. The van der Waals surface area contributed by atoms with Crippen LogP contribution in [0.3, 0.4) is 0 Å². The largest absolute Gasteiger partial charge is 0.391 e. The van der Waals surface area contributed by atoms with E-state index in [0.717, 1.165) is 19.3 Å². The third kappa shape index (κ3) is 4.85. The van der Waals surface area contributed by atoms with E-state index in [4.69, 9.17) is 0 Å². The number of urea groups is 1. The molecule has 3 amide bonds. The number of carbonyl (C=O) groups is 2. The summed E-state index contributed by atoms with van der Waals surface area (Å²) in [5, 5.41) is 15.7. The Balaban J connectivity index is 1.53. The van der Waals surface area contributed by atoms with Gasteiger partial charge in [0.15, 0.2) is 0 Å². The normalized spacial score (nSPS) is 22.7. The summed E-state index contributed by atoms with van der Waals surface area (Å²) in [4.78, 5) is 26.5. The topological polar surface area (TPSA) is 81.7 Å². The van der Waals surface area contributed by atoms with Crippen LogP contribution in [-0.2, 0) is 4.79 Å². The van der Waals surface area contributed by atoms with Gasteiger partial charge < -0.3 is 20.6 Å². The summed E-state index contributed by atoms with van der Waals surface area (Å²) >= 11 is 0. The van der Waals surface area contributed by atoms with Crippen molar-refractivity contribution in [2.45, 2.75) is 50.7 Å². The quantitative estimate of drug-likeness (QED) is 0.709. The number of hydrogen-bond acceptors (Lipinski definition) is 3. The molecule has 0 spiro atoms. The number of allylic oxidation sites excluding steroid dienone is 1. The highest BCUT2D eigenvalue weighted by Gasteiger charge is 2.38. The van der Waals surface area contributed by atoms with Crippen LogP contribution in [0.1, 0.15) is 38.5 Å². The number of nitrogens with one attached hydrogen (secondary N) is 2. The number of carbonyl (C=O) groups excluding carboxylic acids is 2. The first-order valence-corrected chi connectivity index (χ1v) is 9.40. The van der Waals surface area contributed by atoms with E-state index in [1.54, 1.807) is 12.1 Å². The Morgan fingerprint density at radius 1 is 1.19 bits per heavy atom. The molecule has 1 aliphatic heterocycles. The Hall–Kier alpha value is -2.34. The van der Waals surface area contributed by atoms with E-state index in [-0.39, 0.29) is 24.9 Å². The zero-order valence-corrected chi connectivity index (χ0v) is 15.0. The lowest BCUT2D eigenvalue weighted by Gasteiger charge is -2.24. The number of benzene rings is 1. The number of rotatable bonds is 5. The lowest BCUT2D eigenvalue weighted by Crippen LogP contribution is -2.47. The predicted octanol–water partition coefficient (Wildman–Crippen LogP) is 2.66. The summed E-state index contributed by atoms with van der Waals surface area (Å²) in [5.41, 5.74) is 2.07. The monoisotopic (exact) mass is 357 g/mol. The van der Waals surface area contributed by atoms with Crippen LogP contribution in [-0.4, -0.2) is 47.2 Å². The fourth-order valence-electron chi connectivity index (χ4n) is 3.60. The summed E-state index contributed by atoms with van der Waals surface area (Å²) in [7, 11) is 0. The summed E-state index contributed by atoms with van der Waals surface area (Å²) in [5.74, 6) is -0.193. The minimum absolute atomic E-state index is 0.169. The zero-order chi connectivity index (χ0) is 18.4. The molecule has 0 unspecified atom stereocenters. The van der Waals surface area contributed by atoms with Crippen molar-refractivity contribution in [3.63, 3.8) is 0 Å². The van der Waals surface area contributed by atoms with Gasteiger partial charge in [-0.05, 0) is 44.2 Å². The lowest BCUT2D eigenvalue weighted by molar-refractivity contribution is -0.124. The fourth-order valence-corrected chi connectivity index (χ4v) is 3.60. The maximum absolute atomic E-state index is 12.5. The molecule has 6 nitrogen and oxygen atoms in total. The van der Waals surface area contributed by atoms with Crippen molar-refractivity contribution in [2.75, 3.05) is 18.4 Å². The molecule has 6 heteroatoms. The Bertz CT molecular complexity index is 660. The molecule has 1 aromatic rings. The van der Waals surface area contributed by atoms with E-state index < -0.39 is 12.1 Å². The van der Waals surface area contributed by atoms with Crippen molar-refractivity contribution >= 4 is 17.6 Å². The highest BCUT2D eigenvalue weighted by Crippen LogP contribution is 2.21. The highest BCUT2D eigenvalue weighted by atomic mass is 16.3. The van der Waals surface area contributed by atoms with Crippen molar-refractivity contribution in [1.82, 2.24) is 10.2 Å². The van der Waals surface area contributed by atoms with Gasteiger partial charge >= 0.3 is 6.03 Å². The molecule has 1 aromatic carbocycles. The fraction of sp³-hybridized carbons (Fsp3) is 0.500. The molecule has 0 radical (unpaired) electrons. The van der Waals surface area contributed by atoms with E-state index in [1.165, 1.54) is 23.3 Å². The first-order valence-electron chi connectivity index (χ1n) is 9.40. The number of likely N-dealkylation sites (tertiary alicyclic amines) is 1. The maximum Gasteiger partial charge on any atom is 0.322 e. The second kappa shape index (κ2) is 8.85. The molecule has 1 heterocycles. The third-order valence-corrected chi connectivity index (χ3v) is 5.00. The molecule has 1 aliphatic carbocycles. The third-order valence-electron chi connectivity index (χ3n) is 5.00. The summed E-state index contributed by atoms with van der Waals surface area (Å²) in [6.07, 6.45) is 7.45. The number of nitrogens with zero attached hydrogens (tertiary/aromatic N) is 1. The molecule has 0 bridgehead atoms. The molecule has 2 aliphatic rings. The number of amides is 3. The van der Waals surface area contributed by atoms with Gasteiger partial charge in [0, 0.05) is 25.2 Å². The van der Waals surface area contributed by atoms with Crippen LogP contribution in [0, 0.1) is 0 Å². The van der Waals surface area contributed by atoms with Crippen LogP contribution >= 0.6 is 0 Å². The van der Waals surface area contributed by atoms with Crippen molar-refractivity contribution in [3.8, 4) is 0 Å². The van der Waals surface area contributed by atoms with Crippen molar-refractivity contribution in [2.24, 2.45) is 0 Å². The van der Waals surface area contributed by atoms with Crippen LogP contribution in [0.5, 0.6) is 0 Å². The van der Waals surface area contributed by atoms with Crippen molar-refractivity contribution in [3.05, 3.63) is 42.0 Å².